The van der Waals surface area contributed by atoms with Gasteiger partial charge in [0.15, 0.2) is 0 Å². The maximum Gasteiger partial charge on any atom is 0.342 e. The molecule has 0 heterocycles. The summed E-state index contributed by atoms with van der Waals surface area (Å²) in [5.41, 5.74) is 0.487. The maximum absolute atomic E-state index is 11.0. The molecule has 0 aliphatic rings. The van der Waals surface area contributed by atoms with Crippen molar-refractivity contribution in [1.82, 2.24) is 0 Å². The fourth-order valence-corrected chi connectivity index (χ4v) is 2.00. The summed E-state index contributed by atoms with van der Waals surface area (Å²) in [6.45, 7) is 0. The number of carboxylic acids is 1. The molecule has 0 atom stereocenters. The Bertz CT molecular complexity index is 671. The van der Waals surface area contributed by atoms with Gasteiger partial charge in [-0.15, -0.1) is 0 Å². The number of anilines is 2. The van der Waals surface area contributed by atoms with E-state index in [1.165, 1.54) is 18.2 Å². The van der Waals surface area contributed by atoms with Crippen molar-refractivity contribution in [2.24, 2.45) is 0 Å². The Morgan fingerprint density at radius 1 is 1.15 bits per heavy atom. The second-order valence-electron chi connectivity index (χ2n) is 3.93. The highest BCUT2D eigenvalue weighted by atomic mass is 127. The first kappa shape index (κ1) is 14.3. The predicted octanol–water partition coefficient (Wildman–Crippen LogP) is 3.64. The Morgan fingerprint density at radius 3 is 2.30 bits per heavy atom. The fourth-order valence-electron chi connectivity index (χ4n) is 1.64. The zero-order valence-corrected chi connectivity index (χ0v) is 12.2. The number of aromatic carboxylic acids is 1. The van der Waals surface area contributed by atoms with Crippen molar-refractivity contribution in [3.8, 4) is 0 Å². The number of nitrogens with zero attached hydrogens (tertiary/aromatic N) is 1. The molecule has 2 aromatic carbocycles. The van der Waals surface area contributed by atoms with Crippen LogP contribution in [0.4, 0.5) is 17.1 Å². The molecule has 0 spiro atoms. The lowest BCUT2D eigenvalue weighted by Crippen LogP contribution is -2.03. The first-order valence-electron chi connectivity index (χ1n) is 5.51. The summed E-state index contributed by atoms with van der Waals surface area (Å²) in [4.78, 5) is 21.1. The molecule has 6 nitrogen and oxygen atoms in total. The molecule has 2 rings (SSSR count). The van der Waals surface area contributed by atoms with Crippen molar-refractivity contribution >= 4 is 45.6 Å². The molecule has 20 heavy (non-hydrogen) atoms. The Morgan fingerprint density at radius 2 is 1.75 bits per heavy atom. The van der Waals surface area contributed by atoms with E-state index >= 15 is 0 Å². The van der Waals surface area contributed by atoms with Gasteiger partial charge in [0.2, 0.25) is 0 Å². The van der Waals surface area contributed by atoms with E-state index in [0.29, 0.717) is 5.69 Å². The van der Waals surface area contributed by atoms with Crippen LogP contribution in [0.1, 0.15) is 10.4 Å². The van der Waals surface area contributed by atoms with Gasteiger partial charge in [0.05, 0.1) is 4.92 Å². The molecule has 0 unspecified atom stereocenters. The van der Waals surface area contributed by atoms with E-state index in [1.807, 2.05) is 24.3 Å². The van der Waals surface area contributed by atoms with Gasteiger partial charge in [-0.2, -0.15) is 0 Å². The molecule has 0 saturated heterocycles. The normalized spacial score (nSPS) is 10.1. The third-order valence-electron chi connectivity index (χ3n) is 2.56. The van der Waals surface area contributed by atoms with Crippen LogP contribution in [-0.4, -0.2) is 16.0 Å². The SMILES string of the molecule is O=C(O)c1cc(Nc2ccc(I)cc2)ccc1[N+](=O)[O-]. The minimum absolute atomic E-state index is 0.342. The van der Waals surface area contributed by atoms with E-state index in [2.05, 4.69) is 27.9 Å². The Kier molecular flexibility index (Phi) is 4.18. The van der Waals surface area contributed by atoms with Gasteiger partial charge in [-0.3, -0.25) is 10.1 Å². The van der Waals surface area contributed by atoms with Crippen molar-refractivity contribution in [2.75, 3.05) is 5.32 Å². The first-order valence-corrected chi connectivity index (χ1v) is 6.59. The molecule has 7 heteroatoms. The van der Waals surface area contributed by atoms with Gasteiger partial charge >= 0.3 is 5.97 Å². The van der Waals surface area contributed by atoms with Gasteiger partial charge in [-0.1, -0.05) is 0 Å². The number of carboxylic acid groups (broad SMARTS) is 1. The summed E-state index contributed by atoms with van der Waals surface area (Å²) in [5.74, 6) is -1.33. The molecular formula is C13H9IN2O4. The van der Waals surface area contributed by atoms with Gasteiger partial charge in [0, 0.05) is 21.0 Å². The van der Waals surface area contributed by atoms with Gasteiger partial charge in [-0.05, 0) is 59.0 Å². The van der Waals surface area contributed by atoms with E-state index in [9.17, 15) is 14.9 Å². The highest BCUT2D eigenvalue weighted by Crippen LogP contribution is 2.25. The van der Waals surface area contributed by atoms with Crippen molar-refractivity contribution in [2.45, 2.75) is 0 Å². The lowest BCUT2D eigenvalue weighted by Gasteiger charge is -2.07. The second kappa shape index (κ2) is 5.87. The standard InChI is InChI=1S/C13H9IN2O4/c14-8-1-3-9(4-2-8)15-10-5-6-12(16(19)20)11(7-10)13(17)18/h1-7,15H,(H,17,18). The van der Waals surface area contributed by atoms with Gasteiger partial charge in [0.25, 0.3) is 5.69 Å². The number of hydrogen-bond donors (Lipinski definition) is 2. The van der Waals surface area contributed by atoms with E-state index in [0.717, 1.165) is 9.26 Å². The number of nitrogens with one attached hydrogen (secondary N) is 1. The molecule has 2 N–H and O–H groups in total. The molecular weight excluding hydrogens is 375 g/mol. The number of nitro groups is 1. The molecule has 0 aliphatic heterocycles. The molecule has 0 radical (unpaired) electrons. The number of carbonyl (C=O) groups is 1. The van der Waals surface area contributed by atoms with Crippen molar-refractivity contribution in [1.29, 1.82) is 0 Å². The summed E-state index contributed by atoms with van der Waals surface area (Å²) in [5, 5.41) is 22.8. The van der Waals surface area contributed by atoms with Crippen LogP contribution in [0.2, 0.25) is 0 Å². The summed E-state index contributed by atoms with van der Waals surface area (Å²) < 4.78 is 1.07. The first-order chi connectivity index (χ1) is 9.47. The lowest BCUT2D eigenvalue weighted by molar-refractivity contribution is -0.385. The largest absolute Gasteiger partial charge is 0.477 e. The van der Waals surface area contributed by atoms with Crippen molar-refractivity contribution < 1.29 is 14.8 Å². The summed E-state index contributed by atoms with van der Waals surface area (Å²) in [6, 6.07) is 11.4. The van der Waals surface area contributed by atoms with Crippen LogP contribution >= 0.6 is 22.6 Å². The number of nitro benzene ring substituents is 1. The van der Waals surface area contributed by atoms with Crippen LogP contribution < -0.4 is 5.32 Å². The average Bonchev–Trinajstić information content (AvgIpc) is 2.41. The Balaban J connectivity index is 2.34. The third-order valence-corrected chi connectivity index (χ3v) is 3.28. The van der Waals surface area contributed by atoms with Gasteiger partial charge in [-0.25, -0.2) is 4.79 Å². The van der Waals surface area contributed by atoms with Crippen LogP contribution in [0, 0.1) is 13.7 Å². The Hall–Kier alpha value is -2.16. The molecule has 102 valence electrons. The number of benzene rings is 2. The van der Waals surface area contributed by atoms with Crippen LogP contribution in [0.5, 0.6) is 0 Å². The monoisotopic (exact) mass is 384 g/mol. The average molecular weight is 384 g/mol. The Labute approximate surface area is 127 Å². The molecule has 0 aliphatic carbocycles. The smallest absolute Gasteiger partial charge is 0.342 e. The van der Waals surface area contributed by atoms with Gasteiger partial charge in [0.1, 0.15) is 5.56 Å². The lowest BCUT2D eigenvalue weighted by atomic mass is 10.1. The fraction of sp³-hybridized carbons (Fsp3) is 0. The van der Waals surface area contributed by atoms with Gasteiger partial charge < -0.3 is 10.4 Å². The van der Waals surface area contributed by atoms with Crippen molar-refractivity contribution in [3.05, 3.63) is 61.7 Å². The minimum Gasteiger partial charge on any atom is -0.477 e. The van der Waals surface area contributed by atoms with E-state index in [4.69, 9.17) is 5.11 Å². The summed E-state index contributed by atoms with van der Waals surface area (Å²) >= 11 is 2.17. The third kappa shape index (κ3) is 3.23. The quantitative estimate of drug-likeness (QED) is 0.477. The molecule has 0 saturated carbocycles. The van der Waals surface area contributed by atoms with Crippen LogP contribution in [0.15, 0.2) is 42.5 Å². The van der Waals surface area contributed by atoms with Crippen LogP contribution in [0.25, 0.3) is 0 Å². The summed E-state index contributed by atoms with van der Waals surface area (Å²) in [7, 11) is 0. The van der Waals surface area contributed by atoms with E-state index < -0.39 is 16.6 Å². The summed E-state index contributed by atoms with van der Waals surface area (Å²) in [6.07, 6.45) is 0. The highest BCUT2D eigenvalue weighted by molar-refractivity contribution is 14.1. The zero-order chi connectivity index (χ0) is 14.7. The van der Waals surface area contributed by atoms with Crippen molar-refractivity contribution in [3.63, 3.8) is 0 Å². The minimum atomic E-state index is -1.33. The molecule has 0 fully saturated rings. The number of hydrogen-bond acceptors (Lipinski definition) is 4. The molecule has 0 bridgehead atoms. The number of halogens is 1. The molecule has 0 aromatic heterocycles. The maximum atomic E-state index is 11.0. The highest BCUT2D eigenvalue weighted by Gasteiger charge is 2.19. The second-order valence-corrected chi connectivity index (χ2v) is 5.17. The van der Waals surface area contributed by atoms with E-state index in [-0.39, 0.29) is 5.56 Å². The van der Waals surface area contributed by atoms with Crippen LogP contribution in [-0.2, 0) is 0 Å². The van der Waals surface area contributed by atoms with E-state index in [1.54, 1.807) is 0 Å². The predicted molar refractivity (Wildman–Crippen MR) is 82.5 cm³/mol. The van der Waals surface area contributed by atoms with Crippen LogP contribution in [0.3, 0.4) is 0 Å². The topological polar surface area (TPSA) is 92.5 Å². The zero-order valence-electron chi connectivity index (χ0n) is 10.0. The number of rotatable bonds is 4. The molecule has 0 amide bonds. The molecule has 2 aromatic rings.